The van der Waals surface area contributed by atoms with Crippen LogP contribution in [0.25, 0.3) is 0 Å². The molecule has 0 aromatic carbocycles. The molecule has 7 nitrogen and oxygen atoms in total. The third kappa shape index (κ3) is 11.5. The second-order valence-electron chi connectivity index (χ2n) is 9.62. The minimum atomic E-state index is -0.568. The molecule has 1 unspecified atom stereocenters. The highest BCUT2D eigenvalue weighted by atomic mass is 16.6. The maximum Gasteiger partial charge on any atom is 0.303 e. The Kier molecular flexibility index (Phi) is 12.4. The summed E-state index contributed by atoms with van der Waals surface area (Å²) in [5.74, 6) is -0.263. The lowest BCUT2D eigenvalue weighted by molar-refractivity contribution is -0.167. The zero-order valence-electron chi connectivity index (χ0n) is 21.9. The molecule has 1 aliphatic rings. The summed E-state index contributed by atoms with van der Waals surface area (Å²) in [7, 11) is 3.90. The second-order valence-corrected chi connectivity index (χ2v) is 9.62. The van der Waals surface area contributed by atoms with Gasteiger partial charge in [0.2, 0.25) is 0 Å². The standard InChI is InChI=1S/C26H44N2O5/c1-19(2)11-13-24(27-28(7)8)20(3)10-9-16-26(6)25(33-22(5)30)14-12-23(18-32-26)15-17-31-21(4)29/h11,15,20,25H,9-10,12-14,16-18H2,1-8H3/b23-15+,27-24-/t20?,25-,26+/m1/s1. The first kappa shape index (κ1) is 28.9. The molecular formula is C26H44N2O5. The lowest BCUT2D eigenvalue weighted by Crippen LogP contribution is -2.43. The maximum absolute atomic E-state index is 11.8. The molecule has 0 saturated carbocycles. The number of hydrogen-bond acceptors (Lipinski definition) is 7. The van der Waals surface area contributed by atoms with Crippen LogP contribution in [0.15, 0.2) is 28.4 Å². The van der Waals surface area contributed by atoms with Gasteiger partial charge in [-0.25, -0.2) is 0 Å². The Labute approximate surface area is 200 Å². The van der Waals surface area contributed by atoms with E-state index in [1.54, 1.807) is 0 Å². The van der Waals surface area contributed by atoms with E-state index in [1.165, 1.54) is 25.1 Å². The smallest absolute Gasteiger partial charge is 0.303 e. The Bertz CT molecular complexity index is 737. The highest BCUT2D eigenvalue weighted by Gasteiger charge is 2.39. The van der Waals surface area contributed by atoms with E-state index in [-0.39, 0.29) is 24.6 Å². The maximum atomic E-state index is 11.8. The van der Waals surface area contributed by atoms with Gasteiger partial charge < -0.3 is 19.2 Å². The van der Waals surface area contributed by atoms with E-state index < -0.39 is 5.60 Å². The van der Waals surface area contributed by atoms with Gasteiger partial charge in [-0.1, -0.05) is 18.6 Å². The number of carbonyl (C=O) groups is 2. The van der Waals surface area contributed by atoms with Crippen molar-refractivity contribution in [3.8, 4) is 0 Å². The van der Waals surface area contributed by atoms with Crippen LogP contribution >= 0.6 is 0 Å². The van der Waals surface area contributed by atoms with Crippen LogP contribution in [-0.4, -0.2) is 61.7 Å². The van der Waals surface area contributed by atoms with Crippen LogP contribution in [0.3, 0.4) is 0 Å². The first-order valence-electron chi connectivity index (χ1n) is 11.9. The van der Waals surface area contributed by atoms with Gasteiger partial charge in [-0.3, -0.25) is 9.59 Å². The van der Waals surface area contributed by atoms with Crippen molar-refractivity contribution in [2.75, 3.05) is 27.3 Å². The fraction of sp³-hybridized carbons (Fsp3) is 0.731. The molecule has 0 radical (unpaired) electrons. The molecule has 33 heavy (non-hydrogen) atoms. The van der Waals surface area contributed by atoms with Crippen molar-refractivity contribution < 1.29 is 23.8 Å². The molecule has 1 aliphatic heterocycles. The average Bonchev–Trinajstić information content (AvgIpc) is 2.84. The molecule has 3 atom stereocenters. The van der Waals surface area contributed by atoms with Crippen molar-refractivity contribution in [2.45, 2.75) is 91.8 Å². The summed E-state index contributed by atoms with van der Waals surface area (Å²) < 4.78 is 17.0. The molecule has 0 aromatic heterocycles. The minimum Gasteiger partial charge on any atom is -0.462 e. The summed E-state index contributed by atoms with van der Waals surface area (Å²) in [6.45, 7) is 12.0. The number of allylic oxidation sites excluding steroid dienone is 2. The molecular weight excluding hydrogens is 420 g/mol. The molecule has 1 saturated heterocycles. The molecule has 7 heteroatoms. The SMILES string of the molecule is CC(=O)OC/C=C1\CC[C@@H](OC(C)=O)[C@](C)(CCCC(C)/C(CC=C(C)C)=N\N(C)C)OC1. The Morgan fingerprint density at radius 2 is 1.94 bits per heavy atom. The van der Waals surface area contributed by atoms with E-state index in [0.717, 1.165) is 37.7 Å². The van der Waals surface area contributed by atoms with E-state index in [0.29, 0.717) is 18.9 Å². The number of carbonyl (C=O) groups excluding carboxylic acids is 2. The lowest BCUT2D eigenvalue weighted by Gasteiger charge is -2.35. The Morgan fingerprint density at radius 3 is 2.52 bits per heavy atom. The number of nitrogens with zero attached hydrogens (tertiary/aromatic N) is 2. The van der Waals surface area contributed by atoms with Gasteiger partial charge >= 0.3 is 11.9 Å². The van der Waals surface area contributed by atoms with Gasteiger partial charge in [0.25, 0.3) is 0 Å². The fourth-order valence-electron chi connectivity index (χ4n) is 3.93. The van der Waals surface area contributed by atoms with E-state index in [9.17, 15) is 9.59 Å². The van der Waals surface area contributed by atoms with Gasteiger partial charge in [-0.2, -0.15) is 5.10 Å². The van der Waals surface area contributed by atoms with Gasteiger partial charge in [-0.05, 0) is 70.4 Å². The quantitative estimate of drug-likeness (QED) is 0.184. The molecule has 1 fully saturated rings. The van der Waals surface area contributed by atoms with E-state index in [2.05, 4.69) is 26.8 Å². The van der Waals surface area contributed by atoms with Crippen LogP contribution in [0.2, 0.25) is 0 Å². The first-order valence-corrected chi connectivity index (χ1v) is 11.9. The monoisotopic (exact) mass is 464 g/mol. The summed E-state index contributed by atoms with van der Waals surface area (Å²) >= 11 is 0. The normalized spacial score (nSPS) is 23.5. The topological polar surface area (TPSA) is 77.4 Å². The number of hydrogen-bond donors (Lipinski definition) is 0. The molecule has 0 N–H and O–H groups in total. The average molecular weight is 465 g/mol. The third-order valence-corrected chi connectivity index (χ3v) is 5.89. The van der Waals surface area contributed by atoms with Crippen molar-refractivity contribution in [2.24, 2.45) is 11.0 Å². The summed E-state index contributed by atoms with van der Waals surface area (Å²) in [5, 5.41) is 6.58. The van der Waals surface area contributed by atoms with Crippen molar-refractivity contribution in [3.05, 3.63) is 23.3 Å². The molecule has 188 valence electrons. The van der Waals surface area contributed by atoms with Gasteiger partial charge in [0, 0.05) is 40.1 Å². The molecule has 0 amide bonds. The Morgan fingerprint density at radius 1 is 1.24 bits per heavy atom. The summed E-state index contributed by atoms with van der Waals surface area (Å²) in [5.41, 5.74) is 2.95. The molecule has 0 spiro atoms. The summed E-state index contributed by atoms with van der Waals surface area (Å²) in [4.78, 5) is 22.8. The van der Waals surface area contributed by atoms with Crippen LogP contribution in [0.4, 0.5) is 0 Å². The van der Waals surface area contributed by atoms with Crippen LogP contribution in [0.5, 0.6) is 0 Å². The molecule has 0 aliphatic carbocycles. The number of rotatable bonds is 11. The fourth-order valence-corrected chi connectivity index (χ4v) is 3.93. The van der Waals surface area contributed by atoms with Gasteiger partial charge in [-0.15, -0.1) is 0 Å². The van der Waals surface area contributed by atoms with E-state index in [1.807, 2.05) is 32.1 Å². The van der Waals surface area contributed by atoms with Crippen LogP contribution < -0.4 is 0 Å². The van der Waals surface area contributed by atoms with Gasteiger partial charge in [0.15, 0.2) is 0 Å². The van der Waals surface area contributed by atoms with Crippen molar-refractivity contribution in [1.82, 2.24) is 5.01 Å². The number of hydrazone groups is 1. The highest BCUT2D eigenvalue weighted by molar-refractivity contribution is 5.87. The predicted molar refractivity (Wildman–Crippen MR) is 132 cm³/mol. The number of ether oxygens (including phenoxy) is 3. The zero-order valence-corrected chi connectivity index (χ0v) is 21.9. The molecule has 0 aromatic rings. The second kappa shape index (κ2) is 14.2. The lowest BCUT2D eigenvalue weighted by atomic mass is 9.87. The minimum absolute atomic E-state index is 0.236. The largest absolute Gasteiger partial charge is 0.462 e. The zero-order chi connectivity index (χ0) is 25.0. The van der Waals surface area contributed by atoms with Crippen molar-refractivity contribution in [1.29, 1.82) is 0 Å². The number of esters is 2. The summed E-state index contributed by atoms with van der Waals surface area (Å²) in [6.07, 6.45) is 8.77. The first-order chi connectivity index (χ1) is 15.4. The van der Waals surface area contributed by atoms with Crippen LogP contribution in [-0.2, 0) is 23.8 Å². The summed E-state index contributed by atoms with van der Waals surface area (Å²) in [6, 6.07) is 0. The molecule has 1 rings (SSSR count). The molecule has 1 heterocycles. The molecule has 0 bridgehead atoms. The Hall–Kier alpha value is -2.15. The van der Waals surface area contributed by atoms with Crippen molar-refractivity contribution >= 4 is 17.7 Å². The van der Waals surface area contributed by atoms with Crippen LogP contribution in [0.1, 0.15) is 80.1 Å². The van der Waals surface area contributed by atoms with E-state index in [4.69, 9.17) is 19.3 Å². The van der Waals surface area contributed by atoms with Gasteiger partial charge in [0.1, 0.15) is 18.3 Å². The van der Waals surface area contributed by atoms with Gasteiger partial charge in [0.05, 0.1) is 6.61 Å². The van der Waals surface area contributed by atoms with Crippen molar-refractivity contribution in [3.63, 3.8) is 0 Å². The predicted octanol–water partition coefficient (Wildman–Crippen LogP) is 5.06. The Balaban J connectivity index is 2.84. The highest BCUT2D eigenvalue weighted by Crippen LogP contribution is 2.34. The van der Waals surface area contributed by atoms with E-state index >= 15 is 0 Å². The third-order valence-electron chi connectivity index (χ3n) is 5.89. The van der Waals surface area contributed by atoms with Crippen LogP contribution in [0, 0.1) is 5.92 Å².